The summed E-state index contributed by atoms with van der Waals surface area (Å²) in [4.78, 5) is 16.8. The fourth-order valence-electron chi connectivity index (χ4n) is 7.88. The molecule has 0 unspecified atom stereocenters. The molecule has 7 aromatic carbocycles. The lowest BCUT2D eigenvalue weighted by Crippen LogP contribution is -1.96. The SMILES string of the molecule is c1ccc(-c2cc(-c3cccc(-c4c(-c5cccc6c5oc5ccccc56)sc5c4c(-c4ccccc4)nc4ccccc45)c3)nc(-c3ccccc3)n2)cc1. The number of benzene rings is 7. The van der Waals surface area contributed by atoms with Gasteiger partial charge in [0.25, 0.3) is 0 Å². The number of aromatic nitrogens is 3. The first kappa shape index (κ1) is 32.2. The highest BCUT2D eigenvalue weighted by molar-refractivity contribution is 7.24. The Labute approximate surface area is 327 Å². The van der Waals surface area contributed by atoms with Crippen molar-refractivity contribution in [1.29, 1.82) is 0 Å². The van der Waals surface area contributed by atoms with Gasteiger partial charge in [-0.3, -0.25) is 0 Å². The van der Waals surface area contributed by atoms with Crippen LogP contribution in [-0.2, 0) is 0 Å². The smallest absolute Gasteiger partial charge is 0.160 e. The van der Waals surface area contributed by atoms with Crippen LogP contribution in [-0.4, -0.2) is 15.0 Å². The maximum Gasteiger partial charge on any atom is 0.160 e. The molecule has 0 N–H and O–H groups in total. The van der Waals surface area contributed by atoms with Crippen molar-refractivity contribution in [3.05, 3.63) is 188 Å². The minimum absolute atomic E-state index is 0.688. The number of hydrogen-bond donors (Lipinski definition) is 0. The number of para-hydroxylation sites is 3. The average molecular weight is 734 g/mol. The van der Waals surface area contributed by atoms with Crippen LogP contribution in [0.2, 0.25) is 0 Å². The Kier molecular flexibility index (Phi) is 7.64. The molecule has 0 bridgehead atoms. The molecule has 0 aliphatic rings. The van der Waals surface area contributed by atoms with Gasteiger partial charge < -0.3 is 4.42 Å². The molecule has 0 saturated carbocycles. The van der Waals surface area contributed by atoms with Gasteiger partial charge in [0.1, 0.15) is 11.2 Å². The second-order valence-corrected chi connectivity index (χ2v) is 14.9. The van der Waals surface area contributed by atoms with Crippen molar-refractivity contribution < 1.29 is 4.42 Å². The fraction of sp³-hybridized carbons (Fsp3) is 0. The summed E-state index contributed by atoms with van der Waals surface area (Å²) in [5.41, 5.74) is 12.8. The topological polar surface area (TPSA) is 51.8 Å². The number of hydrogen-bond acceptors (Lipinski definition) is 5. The molecule has 0 amide bonds. The molecule has 0 radical (unpaired) electrons. The van der Waals surface area contributed by atoms with E-state index in [-0.39, 0.29) is 0 Å². The molecule has 0 atom stereocenters. The van der Waals surface area contributed by atoms with Crippen LogP contribution in [0, 0.1) is 0 Å². The van der Waals surface area contributed by atoms with Gasteiger partial charge in [-0.1, -0.05) is 158 Å². The second-order valence-electron chi connectivity index (χ2n) is 13.9. The Morgan fingerprint density at radius 3 is 1.80 bits per heavy atom. The predicted octanol–water partition coefficient (Wildman–Crippen LogP) is 14.1. The lowest BCUT2D eigenvalue weighted by molar-refractivity contribution is 0.670. The number of fused-ring (bicyclic) bond motifs is 6. The van der Waals surface area contributed by atoms with Gasteiger partial charge in [0.15, 0.2) is 5.82 Å². The Morgan fingerprint density at radius 1 is 0.429 bits per heavy atom. The minimum atomic E-state index is 0.688. The lowest BCUT2D eigenvalue weighted by Gasteiger charge is -2.13. The molecule has 11 aromatic rings. The molecule has 0 spiro atoms. The number of pyridine rings is 1. The van der Waals surface area contributed by atoms with Gasteiger partial charge in [0.05, 0.1) is 22.6 Å². The largest absolute Gasteiger partial charge is 0.455 e. The molecule has 0 aliphatic heterocycles. The fourth-order valence-corrected chi connectivity index (χ4v) is 9.26. The van der Waals surface area contributed by atoms with Gasteiger partial charge in [-0.2, -0.15) is 0 Å². The zero-order valence-corrected chi connectivity index (χ0v) is 30.9. The summed E-state index contributed by atoms with van der Waals surface area (Å²) >= 11 is 1.81. The van der Waals surface area contributed by atoms with Gasteiger partial charge in [0, 0.05) is 64.5 Å². The van der Waals surface area contributed by atoms with Crippen LogP contribution in [0.25, 0.3) is 110 Å². The summed E-state index contributed by atoms with van der Waals surface area (Å²) in [6.45, 7) is 0. The van der Waals surface area contributed by atoms with Crippen LogP contribution < -0.4 is 0 Å². The van der Waals surface area contributed by atoms with E-state index >= 15 is 0 Å². The Morgan fingerprint density at radius 2 is 1.02 bits per heavy atom. The standard InChI is InChI=1S/C51H31N3OS/c1-4-16-32(17-5-1)42-31-43(54-51(53-42)34-20-8-3-9-21-34)35-22-14-23-36(30-35)45-46-47(33-18-6-2-7-19-33)52-41-28-12-10-25-39(41)49(46)56-50(45)40-27-15-26-38-37-24-11-13-29-44(37)55-48(38)40/h1-31H. The molecule has 262 valence electrons. The average Bonchev–Trinajstić information content (AvgIpc) is 3.87. The highest BCUT2D eigenvalue weighted by atomic mass is 32.1. The van der Waals surface area contributed by atoms with E-state index in [0.29, 0.717) is 5.82 Å². The third-order valence-electron chi connectivity index (χ3n) is 10.5. The summed E-state index contributed by atoms with van der Waals surface area (Å²) < 4.78 is 7.90. The summed E-state index contributed by atoms with van der Waals surface area (Å²) in [5.74, 6) is 0.688. The molecular formula is C51H31N3OS. The van der Waals surface area contributed by atoms with E-state index in [2.05, 4.69) is 146 Å². The van der Waals surface area contributed by atoms with Crippen LogP contribution in [0.3, 0.4) is 0 Å². The Bertz CT molecular complexity index is 3180. The van der Waals surface area contributed by atoms with Crippen molar-refractivity contribution >= 4 is 54.3 Å². The number of rotatable bonds is 6. The Hall–Kier alpha value is -7.21. The molecule has 0 saturated heterocycles. The molecule has 56 heavy (non-hydrogen) atoms. The lowest BCUT2D eigenvalue weighted by atomic mass is 9.93. The van der Waals surface area contributed by atoms with Crippen molar-refractivity contribution in [2.45, 2.75) is 0 Å². The third-order valence-corrected chi connectivity index (χ3v) is 11.8. The van der Waals surface area contributed by atoms with Crippen molar-refractivity contribution in [2.24, 2.45) is 0 Å². The molecular weight excluding hydrogens is 703 g/mol. The van der Waals surface area contributed by atoms with E-state index in [1.807, 2.05) is 53.8 Å². The van der Waals surface area contributed by atoms with Crippen LogP contribution >= 0.6 is 11.3 Å². The highest BCUT2D eigenvalue weighted by Crippen LogP contribution is 2.52. The number of furan rings is 1. The molecule has 4 heterocycles. The molecule has 11 rings (SSSR count). The minimum Gasteiger partial charge on any atom is -0.455 e. The maximum atomic E-state index is 6.70. The van der Waals surface area contributed by atoms with Crippen LogP contribution in [0.5, 0.6) is 0 Å². The van der Waals surface area contributed by atoms with E-state index in [1.54, 1.807) is 0 Å². The van der Waals surface area contributed by atoms with Crippen molar-refractivity contribution in [3.63, 3.8) is 0 Å². The van der Waals surface area contributed by atoms with E-state index < -0.39 is 0 Å². The summed E-state index contributed by atoms with van der Waals surface area (Å²) in [5, 5.41) is 4.46. The zero-order chi connectivity index (χ0) is 37.0. The van der Waals surface area contributed by atoms with E-state index in [1.165, 1.54) is 4.70 Å². The quantitative estimate of drug-likeness (QED) is 0.171. The van der Waals surface area contributed by atoms with Crippen LogP contribution in [0.15, 0.2) is 192 Å². The number of nitrogens with zero attached hydrogens (tertiary/aromatic N) is 3. The molecule has 5 heteroatoms. The van der Waals surface area contributed by atoms with Gasteiger partial charge in [-0.25, -0.2) is 15.0 Å². The molecule has 4 aromatic heterocycles. The van der Waals surface area contributed by atoms with Gasteiger partial charge in [0.2, 0.25) is 0 Å². The van der Waals surface area contributed by atoms with E-state index in [0.717, 1.165) is 99.1 Å². The maximum absolute atomic E-state index is 6.70. The van der Waals surface area contributed by atoms with Crippen LogP contribution in [0.4, 0.5) is 0 Å². The third kappa shape index (κ3) is 5.40. The van der Waals surface area contributed by atoms with E-state index in [9.17, 15) is 0 Å². The summed E-state index contributed by atoms with van der Waals surface area (Å²) in [6.07, 6.45) is 0. The van der Waals surface area contributed by atoms with Crippen molar-refractivity contribution in [1.82, 2.24) is 15.0 Å². The molecule has 0 fully saturated rings. The normalized spacial score (nSPS) is 11.6. The van der Waals surface area contributed by atoms with Crippen LogP contribution in [0.1, 0.15) is 0 Å². The first-order valence-electron chi connectivity index (χ1n) is 18.7. The molecule has 0 aliphatic carbocycles. The van der Waals surface area contributed by atoms with Gasteiger partial charge >= 0.3 is 0 Å². The van der Waals surface area contributed by atoms with Gasteiger partial charge in [-0.05, 0) is 35.9 Å². The first-order chi connectivity index (χ1) is 27.8. The monoisotopic (exact) mass is 733 g/mol. The summed E-state index contributed by atoms with van der Waals surface area (Å²) in [7, 11) is 0. The molecule has 4 nitrogen and oxygen atoms in total. The number of thiophene rings is 1. The summed E-state index contributed by atoms with van der Waals surface area (Å²) in [6, 6.07) is 65.3. The van der Waals surface area contributed by atoms with E-state index in [4.69, 9.17) is 19.4 Å². The van der Waals surface area contributed by atoms with Gasteiger partial charge in [-0.15, -0.1) is 11.3 Å². The zero-order valence-electron chi connectivity index (χ0n) is 30.1. The predicted molar refractivity (Wildman–Crippen MR) is 233 cm³/mol. The van der Waals surface area contributed by atoms with Crippen molar-refractivity contribution in [3.8, 4) is 66.7 Å². The second kappa shape index (κ2) is 13.3. The highest BCUT2D eigenvalue weighted by Gasteiger charge is 2.25. The Balaban J connectivity index is 1.22. The van der Waals surface area contributed by atoms with Crippen molar-refractivity contribution in [2.75, 3.05) is 0 Å². The first-order valence-corrected chi connectivity index (χ1v) is 19.5.